The quantitative estimate of drug-likeness (QED) is 0.828. The van der Waals surface area contributed by atoms with Crippen LogP contribution in [0.2, 0.25) is 0 Å². The predicted molar refractivity (Wildman–Crippen MR) is 97.1 cm³/mol. The fourth-order valence-corrected chi connectivity index (χ4v) is 5.36. The van der Waals surface area contributed by atoms with Crippen molar-refractivity contribution >= 4 is 28.6 Å². The molecule has 4 rings (SSSR count). The van der Waals surface area contributed by atoms with Crippen LogP contribution in [0.15, 0.2) is 9.90 Å². The SMILES string of the molecule is COC(=O)c1c(C)[nH]c(C2=C(C)SC3=N[C@H]4CCCC[C@H]4N32)c1C. The summed E-state index contributed by atoms with van der Waals surface area (Å²) >= 11 is 1.76. The van der Waals surface area contributed by atoms with Gasteiger partial charge in [-0.2, -0.15) is 0 Å². The van der Waals surface area contributed by atoms with Crippen molar-refractivity contribution in [3.8, 4) is 0 Å². The second-order valence-corrected chi connectivity index (χ2v) is 8.01. The Morgan fingerprint density at radius 2 is 2.04 bits per heavy atom. The van der Waals surface area contributed by atoms with Gasteiger partial charge in [-0.05, 0) is 39.2 Å². The van der Waals surface area contributed by atoms with Crippen LogP contribution in [0, 0.1) is 13.8 Å². The van der Waals surface area contributed by atoms with Crippen molar-refractivity contribution in [3.63, 3.8) is 0 Å². The van der Waals surface area contributed by atoms with Gasteiger partial charge in [0.2, 0.25) is 0 Å². The largest absolute Gasteiger partial charge is 0.465 e. The molecule has 6 heteroatoms. The molecule has 2 aliphatic heterocycles. The number of methoxy groups -OCH3 is 1. The average molecular weight is 345 g/mol. The summed E-state index contributed by atoms with van der Waals surface area (Å²) in [5.41, 5.74) is 4.72. The third-order valence-corrected chi connectivity index (χ3v) is 6.37. The number of thioether (sulfide) groups is 1. The summed E-state index contributed by atoms with van der Waals surface area (Å²) in [4.78, 5) is 24.2. The number of carbonyl (C=O) groups excluding carboxylic acids is 1. The molecule has 128 valence electrons. The van der Waals surface area contributed by atoms with Crippen LogP contribution in [0.3, 0.4) is 0 Å². The summed E-state index contributed by atoms with van der Waals surface area (Å²) in [6, 6.07) is 0.902. The molecule has 5 nitrogen and oxygen atoms in total. The van der Waals surface area contributed by atoms with E-state index in [1.54, 1.807) is 11.8 Å². The number of rotatable bonds is 2. The lowest BCUT2D eigenvalue weighted by Gasteiger charge is -2.32. The Labute approximate surface area is 146 Å². The maximum atomic E-state index is 12.1. The second kappa shape index (κ2) is 5.69. The number of amidine groups is 1. The molecule has 1 saturated carbocycles. The van der Waals surface area contributed by atoms with Crippen LogP contribution in [0.1, 0.15) is 59.9 Å². The number of aryl methyl sites for hydroxylation is 1. The number of allylic oxidation sites excluding steroid dienone is 1. The number of ether oxygens (including phenoxy) is 1. The van der Waals surface area contributed by atoms with E-state index in [0.29, 0.717) is 17.6 Å². The molecule has 0 bridgehead atoms. The van der Waals surface area contributed by atoms with Crippen LogP contribution in [0.5, 0.6) is 0 Å². The van der Waals surface area contributed by atoms with Crippen molar-refractivity contribution in [1.82, 2.24) is 9.88 Å². The van der Waals surface area contributed by atoms with E-state index in [1.165, 1.54) is 43.4 Å². The highest BCUT2D eigenvalue weighted by Gasteiger charge is 2.44. The first-order valence-electron chi connectivity index (χ1n) is 8.56. The molecule has 1 aromatic heterocycles. The van der Waals surface area contributed by atoms with Gasteiger partial charge in [0.15, 0.2) is 5.17 Å². The van der Waals surface area contributed by atoms with Gasteiger partial charge in [0.05, 0.1) is 36.1 Å². The lowest BCUT2D eigenvalue weighted by Crippen LogP contribution is -2.38. The third-order valence-electron chi connectivity index (χ3n) is 5.39. The zero-order valence-corrected chi connectivity index (χ0v) is 15.4. The maximum Gasteiger partial charge on any atom is 0.339 e. The van der Waals surface area contributed by atoms with E-state index in [4.69, 9.17) is 9.73 Å². The van der Waals surface area contributed by atoms with E-state index < -0.39 is 0 Å². The Balaban J connectivity index is 1.78. The van der Waals surface area contributed by atoms with E-state index in [9.17, 15) is 4.79 Å². The van der Waals surface area contributed by atoms with Crippen molar-refractivity contribution in [2.24, 2.45) is 4.99 Å². The molecule has 1 N–H and O–H groups in total. The first-order chi connectivity index (χ1) is 11.5. The molecule has 0 radical (unpaired) electrons. The Bertz CT molecular complexity index is 777. The van der Waals surface area contributed by atoms with Gasteiger partial charge in [-0.15, -0.1) is 0 Å². The smallest absolute Gasteiger partial charge is 0.339 e. The molecular weight excluding hydrogens is 322 g/mol. The molecule has 1 aliphatic carbocycles. The van der Waals surface area contributed by atoms with Crippen molar-refractivity contribution in [2.45, 2.75) is 58.5 Å². The summed E-state index contributed by atoms with van der Waals surface area (Å²) in [5.74, 6) is -0.276. The number of nitrogens with zero attached hydrogens (tertiary/aromatic N) is 2. The van der Waals surface area contributed by atoms with Crippen LogP contribution in [0.25, 0.3) is 5.70 Å². The molecule has 1 aromatic rings. The Morgan fingerprint density at radius 1 is 1.29 bits per heavy atom. The third kappa shape index (κ3) is 2.15. The highest BCUT2D eigenvalue weighted by Crippen LogP contribution is 2.48. The molecule has 0 aromatic carbocycles. The molecule has 3 heterocycles. The Kier molecular flexibility index (Phi) is 3.75. The molecule has 2 atom stereocenters. The summed E-state index contributed by atoms with van der Waals surface area (Å²) in [6.45, 7) is 6.08. The van der Waals surface area contributed by atoms with Gasteiger partial charge in [0.25, 0.3) is 0 Å². The highest BCUT2D eigenvalue weighted by atomic mass is 32.2. The highest BCUT2D eigenvalue weighted by molar-refractivity contribution is 8.17. The average Bonchev–Trinajstić information content (AvgIpc) is 3.16. The minimum absolute atomic E-state index is 0.276. The van der Waals surface area contributed by atoms with Gasteiger partial charge in [-0.1, -0.05) is 24.6 Å². The van der Waals surface area contributed by atoms with Crippen molar-refractivity contribution in [3.05, 3.63) is 27.4 Å². The summed E-state index contributed by atoms with van der Waals surface area (Å²) in [7, 11) is 1.43. The van der Waals surface area contributed by atoms with Crippen LogP contribution < -0.4 is 0 Å². The summed E-state index contributed by atoms with van der Waals surface area (Å²) in [5, 5.41) is 1.13. The minimum atomic E-state index is -0.276. The molecular formula is C18H23N3O2S. The van der Waals surface area contributed by atoms with Crippen molar-refractivity contribution in [1.29, 1.82) is 0 Å². The zero-order chi connectivity index (χ0) is 17.0. The number of fused-ring (bicyclic) bond motifs is 3. The normalized spacial score (nSPS) is 25.7. The van der Waals surface area contributed by atoms with Crippen LogP contribution >= 0.6 is 11.8 Å². The van der Waals surface area contributed by atoms with Crippen LogP contribution in [-0.4, -0.2) is 40.2 Å². The summed E-state index contributed by atoms with van der Waals surface area (Å²) in [6.07, 6.45) is 4.93. The van der Waals surface area contributed by atoms with Crippen LogP contribution in [0.4, 0.5) is 0 Å². The van der Waals surface area contributed by atoms with Crippen molar-refractivity contribution < 1.29 is 9.53 Å². The van der Waals surface area contributed by atoms with E-state index in [0.717, 1.165) is 22.1 Å². The summed E-state index contributed by atoms with van der Waals surface area (Å²) < 4.78 is 4.96. The van der Waals surface area contributed by atoms with Crippen LogP contribution in [-0.2, 0) is 4.74 Å². The Morgan fingerprint density at radius 3 is 2.79 bits per heavy atom. The van der Waals surface area contributed by atoms with Crippen molar-refractivity contribution in [2.75, 3.05) is 7.11 Å². The second-order valence-electron chi connectivity index (χ2n) is 6.82. The topological polar surface area (TPSA) is 57.7 Å². The van der Waals surface area contributed by atoms with Gasteiger partial charge in [-0.25, -0.2) is 4.79 Å². The van der Waals surface area contributed by atoms with Gasteiger partial charge in [-0.3, -0.25) is 4.99 Å². The number of aromatic nitrogens is 1. The molecule has 0 spiro atoms. The number of carbonyl (C=O) groups is 1. The molecule has 0 saturated heterocycles. The van der Waals surface area contributed by atoms with E-state index >= 15 is 0 Å². The zero-order valence-electron chi connectivity index (χ0n) is 14.6. The molecule has 0 amide bonds. The first kappa shape index (κ1) is 15.8. The fourth-order valence-electron chi connectivity index (χ4n) is 4.27. The number of hydrogen-bond acceptors (Lipinski definition) is 5. The van der Waals surface area contributed by atoms with E-state index in [2.05, 4.69) is 16.8 Å². The molecule has 24 heavy (non-hydrogen) atoms. The number of esters is 1. The van der Waals surface area contributed by atoms with Gasteiger partial charge < -0.3 is 14.6 Å². The molecule has 0 unspecified atom stereocenters. The number of aliphatic imine (C=N–C) groups is 1. The first-order valence-corrected chi connectivity index (χ1v) is 9.38. The van der Waals surface area contributed by atoms with E-state index in [1.807, 2.05) is 13.8 Å². The van der Waals surface area contributed by atoms with Gasteiger partial charge in [0, 0.05) is 10.6 Å². The van der Waals surface area contributed by atoms with Gasteiger partial charge in [0.1, 0.15) is 0 Å². The standard InChI is InChI=1S/C18H23N3O2S/c1-9-14(17(22)23-4)10(2)19-15(9)16-11(3)24-18-20-12-7-5-6-8-13(12)21(16)18/h12-13,19H,5-8H2,1-4H3/t12-,13+/m0/s1. The number of aromatic amines is 1. The Hall–Kier alpha value is -1.69. The van der Waals surface area contributed by atoms with Gasteiger partial charge >= 0.3 is 5.97 Å². The lowest BCUT2D eigenvalue weighted by atomic mass is 9.90. The molecule has 3 aliphatic rings. The van der Waals surface area contributed by atoms with E-state index in [-0.39, 0.29) is 5.97 Å². The fraction of sp³-hybridized carbons (Fsp3) is 0.556. The predicted octanol–water partition coefficient (Wildman–Crippen LogP) is 3.84. The number of hydrogen-bond donors (Lipinski definition) is 1. The monoisotopic (exact) mass is 345 g/mol. The molecule has 1 fully saturated rings. The maximum absolute atomic E-state index is 12.1. The lowest BCUT2D eigenvalue weighted by molar-refractivity contribution is 0.0599. The number of nitrogens with one attached hydrogen (secondary N) is 1. The minimum Gasteiger partial charge on any atom is -0.465 e. The number of H-pyrrole nitrogens is 1.